The number of anilines is 1. The fourth-order valence-electron chi connectivity index (χ4n) is 3.62. The first-order valence-electron chi connectivity index (χ1n) is 10.4. The van der Waals surface area contributed by atoms with Gasteiger partial charge in [-0.3, -0.25) is 4.79 Å². The van der Waals surface area contributed by atoms with Crippen molar-refractivity contribution in [2.75, 3.05) is 25.5 Å². The number of benzene rings is 2. The third-order valence-electron chi connectivity index (χ3n) is 5.23. The second-order valence-corrected chi connectivity index (χ2v) is 7.97. The second-order valence-electron chi connectivity index (χ2n) is 7.97. The molecule has 0 aliphatic carbocycles. The topological polar surface area (TPSA) is 50.8 Å². The van der Waals surface area contributed by atoms with E-state index >= 15 is 0 Å². The third kappa shape index (κ3) is 6.23. The third-order valence-corrected chi connectivity index (χ3v) is 5.23. The van der Waals surface area contributed by atoms with Crippen molar-refractivity contribution < 1.29 is 14.3 Å². The van der Waals surface area contributed by atoms with Crippen molar-refractivity contribution in [2.45, 2.75) is 52.2 Å². The van der Waals surface area contributed by atoms with Crippen molar-refractivity contribution in [2.24, 2.45) is 0 Å². The van der Waals surface area contributed by atoms with Crippen LogP contribution < -0.4 is 14.8 Å². The zero-order valence-corrected chi connectivity index (χ0v) is 17.9. The van der Waals surface area contributed by atoms with Gasteiger partial charge in [0.05, 0.1) is 0 Å². The van der Waals surface area contributed by atoms with Crippen LogP contribution in [0.4, 0.5) is 5.69 Å². The van der Waals surface area contributed by atoms with E-state index in [4.69, 9.17) is 9.47 Å². The van der Waals surface area contributed by atoms with Crippen LogP contribution in [-0.4, -0.2) is 43.2 Å². The van der Waals surface area contributed by atoms with Crippen molar-refractivity contribution in [1.29, 1.82) is 0 Å². The smallest absolute Gasteiger partial charge is 0.265 e. The fourth-order valence-corrected chi connectivity index (χ4v) is 3.62. The Kier molecular flexibility index (Phi) is 7.15. The second kappa shape index (κ2) is 9.79. The van der Waals surface area contributed by atoms with Crippen molar-refractivity contribution in [3.8, 4) is 11.5 Å². The van der Waals surface area contributed by atoms with Crippen molar-refractivity contribution in [1.82, 2.24) is 4.90 Å². The quantitative estimate of drug-likeness (QED) is 0.745. The molecular formula is C24H32N2O3. The summed E-state index contributed by atoms with van der Waals surface area (Å²) in [7, 11) is 2.14. The predicted octanol–water partition coefficient (Wildman–Crippen LogP) is 4.57. The van der Waals surface area contributed by atoms with Crippen LogP contribution in [0.5, 0.6) is 11.5 Å². The van der Waals surface area contributed by atoms with E-state index in [-0.39, 0.29) is 12.0 Å². The summed E-state index contributed by atoms with van der Waals surface area (Å²) < 4.78 is 12.0. The molecule has 3 rings (SSSR count). The van der Waals surface area contributed by atoms with E-state index in [1.165, 1.54) is 0 Å². The zero-order valence-electron chi connectivity index (χ0n) is 17.9. The summed E-state index contributed by atoms with van der Waals surface area (Å²) in [5.41, 5.74) is 2.99. The number of carbonyl (C=O) groups is 1. The standard InChI is InChI=1S/C24H32N2O3/c1-5-23(29-22-15-17(2)14-18(3)16-22)24(27)25-19-6-8-20(9-7-19)28-21-10-12-26(4)13-11-21/h6-9,14-16,21,23H,5,10-13H2,1-4H3,(H,25,27)/t23-/m0/s1. The summed E-state index contributed by atoms with van der Waals surface area (Å²) in [6.07, 6.45) is 2.41. The molecule has 1 N–H and O–H groups in total. The zero-order chi connectivity index (χ0) is 20.8. The molecule has 2 aromatic carbocycles. The van der Waals surface area contributed by atoms with Crippen LogP contribution in [-0.2, 0) is 4.79 Å². The minimum atomic E-state index is -0.536. The first-order valence-corrected chi connectivity index (χ1v) is 10.4. The lowest BCUT2D eigenvalue weighted by Gasteiger charge is -2.29. The summed E-state index contributed by atoms with van der Waals surface area (Å²) in [5.74, 6) is 1.43. The van der Waals surface area contributed by atoms with Gasteiger partial charge >= 0.3 is 0 Å². The Bertz CT molecular complexity index is 791. The van der Waals surface area contributed by atoms with E-state index in [1.54, 1.807) is 0 Å². The number of nitrogens with zero attached hydrogens (tertiary/aromatic N) is 1. The Balaban J connectivity index is 1.55. The number of aryl methyl sites for hydroxylation is 2. The van der Waals surface area contributed by atoms with Crippen molar-refractivity contribution in [3.63, 3.8) is 0 Å². The van der Waals surface area contributed by atoms with Gasteiger partial charge in [0.25, 0.3) is 5.91 Å². The highest BCUT2D eigenvalue weighted by atomic mass is 16.5. The Morgan fingerprint density at radius 1 is 1.07 bits per heavy atom. The molecular weight excluding hydrogens is 364 g/mol. The van der Waals surface area contributed by atoms with Crippen LogP contribution in [0, 0.1) is 13.8 Å². The van der Waals surface area contributed by atoms with Gasteiger partial charge in [-0.2, -0.15) is 0 Å². The van der Waals surface area contributed by atoms with Crippen LogP contribution in [0.1, 0.15) is 37.3 Å². The van der Waals surface area contributed by atoms with Crippen LogP contribution in [0.25, 0.3) is 0 Å². The molecule has 0 saturated carbocycles. The lowest BCUT2D eigenvalue weighted by molar-refractivity contribution is -0.122. The van der Waals surface area contributed by atoms with E-state index in [9.17, 15) is 4.79 Å². The number of rotatable bonds is 7. The Labute approximate surface area is 174 Å². The largest absolute Gasteiger partial charge is 0.490 e. The van der Waals surface area contributed by atoms with Gasteiger partial charge in [0.1, 0.15) is 17.6 Å². The van der Waals surface area contributed by atoms with E-state index in [0.717, 1.165) is 54.2 Å². The highest BCUT2D eigenvalue weighted by Crippen LogP contribution is 2.22. The minimum absolute atomic E-state index is 0.143. The number of amides is 1. The number of carbonyl (C=O) groups excluding carboxylic acids is 1. The molecule has 0 aromatic heterocycles. The Hall–Kier alpha value is -2.53. The Morgan fingerprint density at radius 2 is 1.69 bits per heavy atom. The molecule has 1 fully saturated rings. The number of likely N-dealkylation sites (tertiary alicyclic amines) is 1. The van der Waals surface area contributed by atoms with Gasteiger partial charge in [-0.15, -0.1) is 0 Å². The van der Waals surface area contributed by atoms with E-state index in [1.807, 2.05) is 57.2 Å². The molecule has 1 amide bonds. The molecule has 0 spiro atoms. The van der Waals surface area contributed by atoms with Crippen LogP contribution >= 0.6 is 0 Å². The van der Waals surface area contributed by atoms with Crippen molar-refractivity contribution >= 4 is 11.6 Å². The molecule has 1 aliphatic heterocycles. The molecule has 1 atom stereocenters. The maximum absolute atomic E-state index is 12.7. The molecule has 156 valence electrons. The van der Waals surface area contributed by atoms with E-state index in [2.05, 4.69) is 23.3 Å². The number of ether oxygens (including phenoxy) is 2. The average Bonchev–Trinajstić information content (AvgIpc) is 2.68. The normalized spacial score (nSPS) is 16.3. The van der Waals surface area contributed by atoms with Crippen LogP contribution in [0.3, 0.4) is 0 Å². The maximum atomic E-state index is 12.7. The lowest BCUT2D eigenvalue weighted by Crippen LogP contribution is -2.35. The molecule has 0 bridgehead atoms. The van der Waals surface area contributed by atoms with Crippen LogP contribution in [0.2, 0.25) is 0 Å². The highest BCUT2D eigenvalue weighted by molar-refractivity contribution is 5.94. The molecule has 1 aliphatic rings. The molecule has 0 unspecified atom stereocenters. The average molecular weight is 397 g/mol. The fraction of sp³-hybridized carbons (Fsp3) is 0.458. The number of hydrogen-bond donors (Lipinski definition) is 1. The van der Waals surface area contributed by atoms with Gasteiger partial charge in [-0.05, 0) is 87.7 Å². The molecule has 1 heterocycles. The first-order chi connectivity index (χ1) is 13.9. The number of piperidine rings is 1. The van der Waals surface area contributed by atoms with Gasteiger partial charge in [0.2, 0.25) is 0 Å². The van der Waals surface area contributed by atoms with Gasteiger partial charge in [0.15, 0.2) is 6.10 Å². The lowest BCUT2D eigenvalue weighted by atomic mass is 10.1. The molecule has 2 aromatic rings. The predicted molar refractivity (Wildman–Crippen MR) is 117 cm³/mol. The minimum Gasteiger partial charge on any atom is -0.490 e. The van der Waals surface area contributed by atoms with Gasteiger partial charge in [-0.1, -0.05) is 13.0 Å². The number of hydrogen-bond acceptors (Lipinski definition) is 4. The summed E-state index contributed by atoms with van der Waals surface area (Å²) >= 11 is 0. The number of nitrogens with one attached hydrogen (secondary N) is 1. The maximum Gasteiger partial charge on any atom is 0.265 e. The molecule has 5 heteroatoms. The molecule has 5 nitrogen and oxygen atoms in total. The molecule has 0 radical (unpaired) electrons. The van der Waals surface area contributed by atoms with E-state index in [0.29, 0.717) is 6.42 Å². The van der Waals surface area contributed by atoms with Crippen LogP contribution in [0.15, 0.2) is 42.5 Å². The first kappa shape index (κ1) is 21.2. The monoisotopic (exact) mass is 396 g/mol. The summed E-state index contributed by atoms with van der Waals surface area (Å²) in [6, 6.07) is 13.6. The highest BCUT2D eigenvalue weighted by Gasteiger charge is 2.20. The SMILES string of the molecule is CC[C@H](Oc1cc(C)cc(C)c1)C(=O)Nc1ccc(OC2CCN(C)CC2)cc1. The van der Waals surface area contributed by atoms with Crippen molar-refractivity contribution in [3.05, 3.63) is 53.6 Å². The molecule has 29 heavy (non-hydrogen) atoms. The summed E-state index contributed by atoms with van der Waals surface area (Å²) in [6.45, 7) is 8.13. The van der Waals surface area contributed by atoms with Gasteiger partial charge in [-0.25, -0.2) is 0 Å². The summed E-state index contributed by atoms with van der Waals surface area (Å²) in [5, 5.41) is 2.95. The molecule has 1 saturated heterocycles. The van der Waals surface area contributed by atoms with Gasteiger partial charge in [0, 0.05) is 18.8 Å². The Morgan fingerprint density at radius 3 is 2.28 bits per heavy atom. The van der Waals surface area contributed by atoms with E-state index < -0.39 is 6.10 Å². The van der Waals surface area contributed by atoms with Gasteiger partial charge < -0.3 is 19.7 Å². The summed E-state index contributed by atoms with van der Waals surface area (Å²) in [4.78, 5) is 15.0.